The highest BCUT2D eigenvalue weighted by atomic mass is 32.2. The number of hydrogen-bond donors (Lipinski definition) is 1. The third-order valence-electron chi connectivity index (χ3n) is 2.00. The first-order valence-corrected chi connectivity index (χ1v) is 6.32. The van der Waals surface area contributed by atoms with Gasteiger partial charge in [-0.25, -0.2) is 12.8 Å². The lowest BCUT2D eigenvalue weighted by Crippen LogP contribution is -2.17. The Balaban J connectivity index is 3.28. The van der Waals surface area contributed by atoms with Gasteiger partial charge in [0.25, 0.3) is 0 Å². The van der Waals surface area contributed by atoms with Crippen molar-refractivity contribution in [3.63, 3.8) is 0 Å². The van der Waals surface area contributed by atoms with Gasteiger partial charge < -0.3 is 5.32 Å². The van der Waals surface area contributed by atoms with Gasteiger partial charge in [-0.2, -0.15) is 14.0 Å². The number of nitrogens with one attached hydrogen (secondary N) is 1. The van der Waals surface area contributed by atoms with Crippen LogP contribution >= 0.6 is 0 Å². The fourth-order valence-corrected chi connectivity index (χ4v) is 2.09. The van der Waals surface area contributed by atoms with Crippen LogP contribution in [-0.2, 0) is 14.6 Å². The highest BCUT2D eigenvalue weighted by Gasteiger charge is 2.30. The van der Waals surface area contributed by atoms with E-state index in [-0.39, 0.29) is 0 Å². The van der Waals surface area contributed by atoms with Gasteiger partial charge in [-0.3, -0.25) is 4.79 Å². The number of anilines is 1. The van der Waals surface area contributed by atoms with Crippen LogP contribution in [0.4, 0.5) is 18.9 Å². The van der Waals surface area contributed by atoms with E-state index in [0.717, 1.165) is 12.1 Å². The molecule has 102 valence electrons. The van der Waals surface area contributed by atoms with Crippen molar-refractivity contribution in [2.75, 3.05) is 5.32 Å². The number of alkyl halides is 2. The summed E-state index contributed by atoms with van der Waals surface area (Å²) in [6.45, 7) is 0. The molecule has 0 fully saturated rings. The van der Waals surface area contributed by atoms with Crippen molar-refractivity contribution in [2.24, 2.45) is 0 Å². The maximum Gasteiger partial charge on any atom is 0.341 e. The van der Waals surface area contributed by atoms with Crippen LogP contribution in [0.2, 0.25) is 0 Å². The fraction of sp³-hybridized carbons (Fsp3) is 0.200. The highest BCUT2D eigenvalue weighted by Crippen LogP contribution is 2.27. The van der Waals surface area contributed by atoms with Gasteiger partial charge in [0.05, 0.1) is 16.7 Å². The number of hydrogen-bond acceptors (Lipinski definition) is 4. The van der Waals surface area contributed by atoms with E-state index in [2.05, 4.69) is 0 Å². The van der Waals surface area contributed by atoms with Crippen molar-refractivity contribution in [3.8, 4) is 6.07 Å². The normalized spacial score (nSPS) is 11.1. The van der Waals surface area contributed by atoms with Crippen LogP contribution in [0, 0.1) is 17.1 Å². The van der Waals surface area contributed by atoms with E-state index < -0.39 is 44.3 Å². The number of sulfone groups is 1. The number of carbonyl (C=O) groups is 1. The third kappa shape index (κ3) is 3.45. The van der Waals surface area contributed by atoms with Crippen molar-refractivity contribution in [2.45, 2.75) is 17.1 Å². The zero-order chi connectivity index (χ0) is 14.6. The molecule has 0 bridgehead atoms. The lowest BCUT2D eigenvalue weighted by atomic mass is 10.3. The summed E-state index contributed by atoms with van der Waals surface area (Å²) < 4.78 is 60.4. The standard InChI is InChI=1S/C10H7F3N2O3S/c11-6-1-2-7(15-9(16)3-4-14)8(5-6)19(17,18)10(12)13/h1-2,5,10H,3H2,(H,15,16). The molecule has 1 N–H and O–H groups in total. The Bertz CT molecular complexity index is 638. The largest absolute Gasteiger partial charge is 0.341 e. The SMILES string of the molecule is N#CCC(=O)Nc1ccc(F)cc1S(=O)(=O)C(F)F. The molecular formula is C10H7F3N2O3S. The first-order valence-electron chi connectivity index (χ1n) is 4.77. The summed E-state index contributed by atoms with van der Waals surface area (Å²) >= 11 is 0. The first kappa shape index (κ1) is 15.0. The summed E-state index contributed by atoms with van der Waals surface area (Å²) in [7, 11) is -5.06. The molecule has 0 aromatic heterocycles. The molecule has 0 aliphatic carbocycles. The monoisotopic (exact) mass is 292 g/mol. The van der Waals surface area contributed by atoms with Gasteiger partial charge >= 0.3 is 5.76 Å². The van der Waals surface area contributed by atoms with Gasteiger partial charge in [-0.1, -0.05) is 0 Å². The molecule has 5 nitrogen and oxygen atoms in total. The summed E-state index contributed by atoms with van der Waals surface area (Å²) in [4.78, 5) is 10.1. The molecule has 0 atom stereocenters. The summed E-state index contributed by atoms with van der Waals surface area (Å²) in [5.41, 5.74) is -0.498. The van der Waals surface area contributed by atoms with E-state index in [0.29, 0.717) is 6.07 Å². The second-order valence-corrected chi connectivity index (χ2v) is 5.22. The van der Waals surface area contributed by atoms with Gasteiger partial charge in [-0.05, 0) is 18.2 Å². The lowest BCUT2D eigenvalue weighted by Gasteiger charge is -2.10. The second-order valence-electron chi connectivity index (χ2n) is 3.33. The van der Waals surface area contributed by atoms with E-state index in [1.807, 2.05) is 5.32 Å². The maximum absolute atomic E-state index is 13.0. The summed E-state index contributed by atoms with van der Waals surface area (Å²) in [6.07, 6.45) is -0.592. The van der Waals surface area contributed by atoms with Crippen LogP contribution in [0.15, 0.2) is 23.1 Å². The fourth-order valence-electron chi connectivity index (χ4n) is 1.20. The van der Waals surface area contributed by atoms with E-state index >= 15 is 0 Å². The van der Waals surface area contributed by atoms with Crippen molar-refractivity contribution >= 4 is 21.4 Å². The predicted octanol–water partition coefficient (Wildman–Crippen LogP) is 1.67. The van der Waals surface area contributed by atoms with E-state index in [4.69, 9.17) is 5.26 Å². The van der Waals surface area contributed by atoms with Crippen molar-refractivity contribution in [1.29, 1.82) is 5.26 Å². The molecular weight excluding hydrogens is 285 g/mol. The topological polar surface area (TPSA) is 87.0 Å². The highest BCUT2D eigenvalue weighted by molar-refractivity contribution is 7.91. The predicted molar refractivity (Wildman–Crippen MR) is 58.4 cm³/mol. The van der Waals surface area contributed by atoms with E-state index in [1.165, 1.54) is 6.07 Å². The smallest absolute Gasteiger partial charge is 0.324 e. The summed E-state index contributed by atoms with van der Waals surface area (Å²) in [5.74, 6) is -5.68. The molecule has 9 heteroatoms. The summed E-state index contributed by atoms with van der Waals surface area (Å²) in [6, 6.07) is 3.51. The molecule has 1 rings (SSSR count). The van der Waals surface area contributed by atoms with Gasteiger partial charge in [0.2, 0.25) is 15.7 Å². The Morgan fingerprint density at radius 1 is 1.42 bits per heavy atom. The Morgan fingerprint density at radius 2 is 2.05 bits per heavy atom. The van der Waals surface area contributed by atoms with Crippen molar-refractivity contribution in [3.05, 3.63) is 24.0 Å². The molecule has 0 radical (unpaired) electrons. The van der Waals surface area contributed by atoms with E-state index in [9.17, 15) is 26.4 Å². The molecule has 1 amide bonds. The molecule has 0 saturated heterocycles. The van der Waals surface area contributed by atoms with Crippen molar-refractivity contribution < 1.29 is 26.4 Å². The Morgan fingerprint density at radius 3 is 2.58 bits per heavy atom. The Hall–Kier alpha value is -2.08. The molecule has 0 saturated carbocycles. The Labute approximate surface area is 106 Å². The van der Waals surface area contributed by atoms with Crippen LogP contribution in [0.25, 0.3) is 0 Å². The minimum Gasteiger partial charge on any atom is -0.324 e. The van der Waals surface area contributed by atoms with Gasteiger partial charge in [0.1, 0.15) is 12.2 Å². The molecule has 0 heterocycles. The minimum absolute atomic E-state index is 0.378. The number of nitrogens with zero attached hydrogens (tertiary/aromatic N) is 1. The average molecular weight is 292 g/mol. The number of carbonyl (C=O) groups excluding carboxylic acids is 1. The second kappa shape index (κ2) is 5.71. The zero-order valence-corrected chi connectivity index (χ0v) is 10.0. The average Bonchev–Trinajstić information content (AvgIpc) is 2.31. The quantitative estimate of drug-likeness (QED) is 0.914. The number of halogens is 3. The summed E-state index contributed by atoms with van der Waals surface area (Å²) in [5, 5.41) is 10.2. The Kier molecular flexibility index (Phi) is 4.50. The molecule has 0 spiro atoms. The van der Waals surface area contributed by atoms with Crippen LogP contribution in [0.1, 0.15) is 6.42 Å². The number of rotatable bonds is 4. The van der Waals surface area contributed by atoms with Crippen LogP contribution in [0.3, 0.4) is 0 Å². The minimum atomic E-state index is -5.06. The van der Waals surface area contributed by atoms with Crippen LogP contribution in [0.5, 0.6) is 0 Å². The molecule has 0 unspecified atom stereocenters. The number of amides is 1. The molecule has 19 heavy (non-hydrogen) atoms. The van der Waals surface area contributed by atoms with Gasteiger partial charge in [-0.15, -0.1) is 0 Å². The van der Waals surface area contributed by atoms with Gasteiger partial charge in [0, 0.05) is 0 Å². The van der Waals surface area contributed by atoms with E-state index in [1.54, 1.807) is 0 Å². The van der Waals surface area contributed by atoms with Crippen molar-refractivity contribution in [1.82, 2.24) is 0 Å². The van der Waals surface area contributed by atoms with Crippen LogP contribution in [-0.4, -0.2) is 20.1 Å². The molecule has 0 aliphatic rings. The van der Waals surface area contributed by atoms with Crippen LogP contribution < -0.4 is 5.32 Å². The maximum atomic E-state index is 13.0. The third-order valence-corrected chi connectivity index (χ3v) is 3.42. The molecule has 0 aliphatic heterocycles. The number of nitriles is 1. The molecule has 1 aromatic rings. The molecule has 1 aromatic carbocycles. The lowest BCUT2D eigenvalue weighted by molar-refractivity contribution is -0.115. The number of benzene rings is 1. The van der Waals surface area contributed by atoms with Gasteiger partial charge in [0.15, 0.2) is 0 Å². The first-order chi connectivity index (χ1) is 8.78. The zero-order valence-electron chi connectivity index (χ0n) is 9.23.